The third-order valence-corrected chi connectivity index (χ3v) is 2.97. The molecule has 4 heteroatoms. The maximum atomic E-state index is 5.89. The van der Waals surface area contributed by atoms with Crippen LogP contribution in [0.5, 0.6) is 0 Å². The van der Waals surface area contributed by atoms with Crippen LogP contribution in [0.4, 0.5) is 5.82 Å². The molecular formula is C13H16ClN3. The van der Waals surface area contributed by atoms with Gasteiger partial charge in [0.15, 0.2) is 0 Å². The van der Waals surface area contributed by atoms with Gasteiger partial charge in [0.1, 0.15) is 5.82 Å². The Morgan fingerprint density at radius 2 is 2.00 bits per heavy atom. The summed E-state index contributed by atoms with van der Waals surface area (Å²) in [5.74, 6) is 0.898. The van der Waals surface area contributed by atoms with Crippen molar-refractivity contribution in [2.45, 2.75) is 19.4 Å². The average Bonchev–Trinajstić information content (AvgIpc) is 2.73. The first-order valence-corrected chi connectivity index (χ1v) is 6.08. The molecule has 1 N–H and O–H groups in total. The normalized spacial score (nSPS) is 12.4. The molecule has 2 rings (SSSR count). The fraction of sp³-hybridized carbons (Fsp3) is 0.308. The number of nitrogens with one attached hydrogen (secondary N) is 1. The minimum atomic E-state index is 0.266. The molecule has 0 radical (unpaired) electrons. The first-order chi connectivity index (χ1) is 8.19. The van der Waals surface area contributed by atoms with Crippen LogP contribution in [-0.2, 0) is 7.05 Å². The summed E-state index contributed by atoms with van der Waals surface area (Å²) in [6.07, 6.45) is 2.93. The van der Waals surface area contributed by atoms with Crippen molar-refractivity contribution >= 4 is 17.4 Å². The van der Waals surface area contributed by atoms with Gasteiger partial charge in [-0.25, -0.2) is 0 Å². The highest BCUT2D eigenvalue weighted by atomic mass is 35.5. The van der Waals surface area contributed by atoms with Gasteiger partial charge >= 0.3 is 0 Å². The molecule has 0 aliphatic heterocycles. The quantitative estimate of drug-likeness (QED) is 0.897. The number of anilines is 1. The zero-order chi connectivity index (χ0) is 12.3. The molecule has 0 spiro atoms. The van der Waals surface area contributed by atoms with Crippen molar-refractivity contribution in [3.05, 3.63) is 47.1 Å². The molecule has 0 aliphatic rings. The molecule has 17 heavy (non-hydrogen) atoms. The minimum absolute atomic E-state index is 0.266. The van der Waals surface area contributed by atoms with Crippen LogP contribution < -0.4 is 5.32 Å². The maximum absolute atomic E-state index is 5.89. The lowest BCUT2D eigenvalue weighted by Crippen LogP contribution is -2.10. The second-order valence-corrected chi connectivity index (χ2v) is 4.47. The predicted molar refractivity (Wildman–Crippen MR) is 71.3 cm³/mol. The van der Waals surface area contributed by atoms with Gasteiger partial charge in [0.25, 0.3) is 0 Å². The Morgan fingerprint density at radius 1 is 1.29 bits per heavy atom. The molecule has 1 heterocycles. The van der Waals surface area contributed by atoms with Crippen LogP contribution in [-0.4, -0.2) is 9.78 Å². The molecule has 1 aromatic carbocycles. The Kier molecular flexibility index (Phi) is 3.69. The summed E-state index contributed by atoms with van der Waals surface area (Å²) < 4.78 is 1.79. The van der Waals surface area contributed by atoms with Crippen molar-refractivity contribution in [2.75, 3.05) is 5.32 Å². The summed E-state index contributed by atoms with van der Waals surface area (Å²) >= 11 is 5.89. The molecule has 0 aliphatic carbocycles. The van der Waals surface area contributed by atoms with E-state index in [4.69, 9.17) is 11.6 Å². The number of halogens is 1. The Balaban J connectivity index is 2.13. The van der Waals surface area contributed by atoms with Crippen molar-refractivity contribution in [3.63, 3.8) is 0 Å². The van der Waals surface area contributed by atoms with Crippen molar-refractivity contribution in [2.24, 2.45) is 7.05 Å². The molecule has 0 saturated carbocycles. The Labute approximate surface area is 106 Å². The topological polar surface area (TPSA) is 29.9 Å². The van der Waals surface area contributed by atoms with Gasteiger partial charge in [0.2, 0.25) is 0 Å². The first kappa shape index (κ1) is 12.0. The molecule has 0 amide bonds. The van der Waals surface area contributed by atoms with E-state index in [9.17, 15) is 0 Å². The second kappa shape index (κ2) is 5.23. The lowest BCUT2D eigenvalue weighted by Gasteiger charge is -2.16. The second-order valence-electron chi connectivity index (χ2n) is 4.03. The van der Waals surface area contributed by atoms with Gasteiger partial charge in [-0.05, 0) is 24.1 Å². The van der Waals surface area contributed by atoms with E-state index in [1.165, 1.54) is 5.56 Å². The molecule has 1 atom stereocenters. The minimum Gasteiger partial charge on any atom is -0.362 e. The van der Waals surface area contributed by atoms with E-state index < -0.39 is 0 Å². The van der Waals surface area contributed by atoms with E-state index in [-0.39, 0.29) is 6.04 Å². The lowest BCUT2D eigenvalue weighted by atomic mass is 10.0. The summed E-state index contributed by atoms with van der Waals surface area (Å²) in [5.41, 5.74) is 1.22. The number of aromatic nitrogens is 2. The Bertz CT molecular complexity index is 476. The van der Waals surface area contributed by atoms with E-state index in [0.717, 1.165) is 17.3 Å². The fourth-order valence-corrected chi connectivity index (χ4v) is 1.91. The molecule has 0 saturated heterocycles. The highest BCUT2D eigenvalue weighted by Crippen LogP contribution is 2.22. The third kappa shape index (κ3) is 3.01. The zero-order valence-electron chi connectivity index (χ0n) is 10.0. The van der Waals surface area contributed by atoms with E-state index in [2.05, 4.69) is 17.3 Å². The van der Waals surface area contributed by atoms with Gasteiger partial charge in [-0.3, -0.25) is 4.68 Å². The molecular weight excluding hydrogens is 234 g/mol. The largest absolute Gasteiger partial charge is 0.362 e. The predicted octanol–water partition coefficient (Wildman–Crippen LogP) is 3.64. The summed E-state index contributed by atoms with van der Waals surface area (Å²) in [5, 5.41) is 8.50. The van der Waals surface area contributed by atoms with Crippen LogP contribution >= 0.6 is 11.6 Å². The van der Waals surface area contributed by atoms with Crippen LogP contribution in [0, 0.1) is 0 Å². The van der Waals surface area contributed by atoms with Gasteiger partial charge in [-0.15, -0.1) is 0 Å². The number of hydrogen-bond acceptors (Lipinski definition) is 2. The number of benzene rings is 1. The molecule has 1 unspecified atom stereocenters. The summed E-state index contributed by atoms with van der Waals surface area (Å²) in [6, 6.07) is 10.2. The van der Waals surface area contributed by atoms with Crippen LogP contribution in [0.3, 0.4) is 0 Å². The molecule has 0 bridgehead atoms. The van der Waals surface area contributed by atoms with Crippen LogP contribution in [0.2, 0.25) is 5.02 Å². The number of hydrogen-bond donors (Lipinski definition) is 1. The van der Waals surface area contributed by atoms with E-state index in [0.29, 0.717) is 0 Å². The number of aryl methyl sites for hydroxylation is 1. The van der Waals surface area contributed by atoms with Crippen LogP contribution in [0.1, 0.15) is 24.9 Å². The van der Waals surface area contributed by atoms with E-state index in [1.54, 1.807) is 4.68 Å². The maximum Gasteiger partial charge on any atom is 0.148 e. The summed E-state index contributed by atoms with van der Waals surface area (Å²) in [6.45, 7) is 2.15. The van der Waals surface area contributed by atoms with Gasteiger partial charge < -0.3 is 5.32 Å². The van der Waals surface area contributed by atoms with E-state index >= 15 is 0 Å². The Hall–Kier alpha value is -1.48. The monoisotopic (exact) mass is 249 g/mol. The summed E-state index contributed by atoms with van der Waals surface area (Å²) in [4.78, 5) is 0. The van der Waals surface area contributed by atoms with Gasteiger partial charge in [0.05, 0.1) is 6.04 Å². The highest BCUT2D eigenvalue weighted by molar-refractivity contribution is 6.30. The lowest BCUT2D eigenvalue weighted by molar-refractivity contribution is 0.724. The SMILES string of the molecule is CCC(Nc1ccn(C)n1)c1ccc(Cl)cc1. The van der Waals surface area contributed by atoms with E-state index in [1.807, 2.05) is 43.6 Å². The van der Waals surface area contributed by atoms with Gasteiger partial charge in [-0.2, -0.15) is 5.10 Å². The Morgan fingerprint density at radius 3 is 2.53 bits per heavy atom. The standard InChI is InChI=1S/C13H16ClN3/c1-3-12(10-4-6-11(14)7-5-10)15-13-8-9-17(2)16-13/h4-9,12H,3H2,1-2H3,(H,15,16). The third-order valence-electron chi connectivity index (χ3n) is 2.72. The first-order valence-electron chi connectivity index (χ1n) is 5.70. The molecule has 90 valence electrons. The molecule has 2 aromatic rings. The molecule has 1 aromatic heterocycles. The highest BCUT2D eigenvalue weighted by Gasteiger charge is 2.09. The van der Waals surface area contributed by atoms with Crippen molar-refractivity contribution in [3.8, 4) is 0 Å². The summed E-state index contributed by atoms with van der Waals surface area (Å²) in [7, 11) is 1.91. The van der Waals surface area contributed by atoms with Gasteiger partial charge in [0, 0.05) is 24.3 Å². The van der Waals surface area contributed by atoms with Crippen molar-refractivity contribution < 1.29 is 0 Å². The van der Waals surface area contributed by atoms with Crippen LogP contribution in [0.15, 0.2) is 36.5 Å². The fourth-order valence-electron chi connectivity index (χ4n) is 1.79. The van der Waals surface area contributed by atoms with Gasteiger partial charge in [-0.1, -0.05) is 30.7 Å². The number of nitrogens with zero attached hydrogens (tertiary/aromatic N) is 2. The number of rotatable bonds is 4. The average molecular weight is 250 g/mol. The zero-order valence-corrected chi connectivity index (χ0v) is 10.8. The van der Waals surface area contributed by atoms with Crippen LogP contribution in [0.25, 0.3) is 0 Å². The molecule has 0 fully saturated rings. The smallest absolute Gasteiger partial charge is 0.148 e. The van der Waals surface area contributed by atoms with Crippen molar-refractivity contribution in [1.29, 1.82) is 0 Å². The molecule has 3 nitrogen and oxygen atoms in total. The van der Waals surface area contributed by atoms with Crippen molar-refractivity contribution in [1.82, 2.24) is 9.78 Å².